The van der Waals surface area contributed by atoms with Gasteiger partial charge >= 0.3 is 4.87 Å². The lowest BCUT2D eigenvalue weighted by molar-refractivity contribution is -0.0504. The van der Waals surface area contributed by atoms with E-state index in [1.165, 1.54) is 4.57 Å². The summed E-state index contributed by atoms with van der Waals surface area (Å²) in [5.74, 6) is -0.701. The summed E-state index contributed by atoms with van der Waals surface area (Å²) in [5, 5.41) is 20.4. The number of fused-ring (bicyclic) bond motifs is 1. The van der Waals surface area contributed by atoms with Crippen LogP contribution < -0.4 is 16.2 Å². The quantitative estimate of drug-likeness (QED) is 0.474. The third-order valence-corrected chi connectivity index (χ3v) is 5.52. The van der Waals surface area contributed by atoms with E-state index in [0.29, 0.717) is 12.1 Å². The van der Waals surface area contributed by atoms with Gasteiger partial charge in [0, 0.05) is 12.1 Å². The van der Waals surface area contributed by atoms with Crippen molar-refractivity contribution in [3.05, 3.63) is 50.1 Å². The minimum Gasteiger partial charge on any atom is -0.394 e. The molecule has 4 heterocycles. The van der Waals surface area contributed by atoms with Gasteiger partial charge in [-0.25, -0.2) is 0 Å². The zero-order valence-electron chi connectivity index (χ0n) is 14.0. The normalized spacial score (nSPS) is 23.7. The molecule has 0 amide bonds. The number of aromatic nitrogens is 4. The third kappa shape index (κ3) is 3.04. The molecule has 0 aromatic carbocycles. The highest BCUT2D eigenvalue weighted by molar-refractivity contribution is 7.16. The van der Waals surface area contributed by atoms with Crippen LogP contribution >= 0.6 is 11.3 Å². The topological polar surface area (TPSA) is 156 Å². The first-order valence-electron chi connectivity index (χ1n) is 8.25. The monoisotopic (exact) mass is 391 g/mol. The number of ether oxygens (including phenoxy) is 1. The van der Waals surface area contributed by atoms with E-state index in [9.17, 15) is 19.8 Å². The van der Waals surface area contributed by atoms with Crippen LogP contribution in [0.25, 0.3) is 10.3 Å². The molecule has 4 atom stereocenters. The number of aliphatic hydroxyl groups is 2. The number of aromatic amines is 1. The maximum absolute atomic E-state index is 12.6. The number of anilines is 1. The number of nitrogen functional groups attached to an aromatic ring is 1. The van der Waals surface area contributed by atoms with Crippen molar-refractivity contribution in [1.82, 2.24) is 19.5 Å². The molecule has 142 valence electrons. The van der Waals surface area contributed by atoms with Gasteiger partial charge in [0.15, 0.2) is 5.65 Å². The zero-order valence-corrected chi connectivity index (χ0v) is 14.8. The van der Waals surface area contributed by atoms with Gasteiger partial charge in [0.25, 0.3) is 5.56 Å². The van der Waals surface area contributed by atoms with Crippen molar-refractivity contribution in [3.63, 3.8) is 0 Å². The predicted octanol–water partition coefficient (Wildman–Crippen LogP) is -0.247. The molecule has 0 bridgehead atoms. The summed E-state index contributed by atoms with van der Waals surface area (Å²) in [5.41, 5.74) is 5.62. The van der Waals surface area contributed by atoms with Crippen LogP contribution in [0.2, 0.25) is 0 Å². The Kier molecular flexibility index (Phi) is 4.52. The molecule has 4 rings (SSSR count). The third-order valence-electron chi connectivity index (χ3n) is 4.58. The molecular formula is C16H17N5O5S. The van der Waals surface area contributed by atoms with E-state index in [4.69, 9.17) is 10.5 Å². The van der Waals surface area contributed by atoms with Crippen molar-refractivity contribution in [2.75, 3.05) is 12.3 Å². The van der Waals surface area contributed by atoms with E-state index in [2.05, 4.69) is 15.0 Å². The number of aliphatic hydroxyl groups excluding tert-OH is 2. The lowest BCUT2D eigenvalue weighted by atomic mass is 9.94. The molecule has 1 fully saturated rings. The Hall–Kier alpha value is -2.60. The summed E-state index contributed by atoms with van der Waals surface area (Å²) < 4.78 is 7.16. The van der Waals surface area contributed by atoms with Crippen molar-refractivity contribution in [2.45, 2.75) is 24.9 Å². The molecule has 1 aliphatic rings. The van der Waals surface area contributed by atoms with Gasteiger partial charge in [0.2, 0.25) is 5.95 Å². The average Bonchev–Trinajstić information content (AvgIpc) is 3.22. The second kappa shape index (κ2) is 6.85. The Morgan fingerprint density at radius 2 is 2.26 bits per heavy atom. The molecule has 11 heteroatoms. The molecule has 3 aromatic rings. The fourth-order valence-electron chi connectivity index (χ4n) is 3.37. The Bertz CT molecular complexity index is 1080. The fourth-order valence-corrected chi connectivity index (χ4v) is 4.21. The van der Waals surface area contributed by atoms with Crippen molar-refractivity contribution in [3.8, 4) is 0 Å². The molecule has 1 aliphatic heterocycles. The van der Waals surface area contributed by atoms with Crippen LogP contribution in [-0.2, 0) is 4.74 Å². The van der Waals surface area contributed by atoms with E-state index < -0.39 is 34.8 Å². The lowest BCUT2D eigenvalue weighted by Gasteiger charge is -2.24. The largest absolute Gasteiger partial charge is 0.394 e. The van der Waals surface area contributed by atoms with Crippen LogP contribution in [0.15, 0.2) is 34.0 Å². The van der Waals surface area contributed by atoms with Gasteiger partial charge in [-0.15, -0.1) is 0 Å². The van der Waals surface area contributed by atoms with Gasteiger partial charge in [0.05, 0.1) is 18.4 Å². The van der Waals surface area contributed by atoms with Gasteiger partial charge in [-0.1, -0.05) is 17.4 Å². The number of nitrogens with one attached hydrogen (secondary N) is 1. The molecule has 10 nitrogen and oxygen atoms in total. The van der Waals surface area contributed by atoms with Gasteiger partial charge in [-0.05, 0) is 18.6 Å². The Morgan fingerprint density at radius 3 is 2.96 bits per heavy atom. The summed E-state index contributed by atoms with van der Waals surface area (Å²) in [4.78, 5) is 34.8. The van der Waals surface area contributed by atoms with Crippen LogP contribution in [0.4, 0.5) is 5.95 Å². The molecule has 0 aliphatic carbocycles. The number of nitrogens with two attached hydrogens (primary N) is 1. The van der Waals surface area contributed by atoms with Crippen molar-refractivity contribution < 1.29 is 14.9 Å². The van der Waals surface area contributed by atoms with Crippen LogP contribution in [0, 0.1) is 5.92 Å². The van der Waals surface area contributed by atoms with Gasteiger partial charge in [0.1, 0.15) is 17.0 Å². The van der Waals surface area contributed by atoms with Gasteiger partial charge < -0.3 is 20.7 Å². The minimum atomic E-state index is -1.03. The Labute approximate surface area is 155 Å². The molecule has 27 heavy (non-hydrogen) atoms. The van der Waals surface area contributed by atoms with Crippen molar-refractivity contribution >= 4 is 27.6 Å². The smallest absolute Gasteiger partial charge is 0.311 e. The van der Waals surface area contributed by atoms with E-state index in [0.717, 1.165) is 11.3 Å². The number of thiazole rings is 1. The highest BCUT2D eigenvalue weighted by atomic mass is 32.1. The number of hydrogen-bond donors (Lipinski definition) is 4. The standard InChI is InChI=1S/C16H17N5O5S/c17-15-19-12-11(13(24)20-15)27-16(25)21(12)14-8(5-7(6-22)26-14)10(23)9-3-1-2-4-18-9/h1-4,7-8,10,14,22-23H,5-6H2,(H3,17,19,20,24)/t7-,8-,10?,14+/m0/s1. The molecule has 3 aromatic heterocycles. The first-order chi connectivity index (χ1) is 13.0. The molecule has 1 unspecified atom stereocenters. The molecule has 0 saturated carbocycles. The minimum absolute atomic E-state index is 0.0908. The number of H-pyrrole nitrogens is 1. The van der Waals surface area contributed by atoms with Crippen LogP contribution in [-0.4, -0.2) is 42.4 Å². The predicted molar refractivity (Wildman–Crippen MR) is 97.2 cm³/mol. The first-order valence-corrected chi connectivity index (χ1v) is 9.07. The van der Waals surface area contributed by atoms with Crippen LogP contribution in [0.5, 0.6) is 0 Å². The molecule has 0 radical (unpaired) electrons. The van der Waals surface area contributed by atoms with E-state index in [1.807, 2.05) is 0 Å². The Balaban J connectivity index is 1.83. The summed E-state index contributed by atoms with van der Waals surface area (Å²) in [6, 6.07) is 5.14. The maximum Gasteiger partial charge on any atom is 0.311 e. The summed E-state index contributed by atoms with van der Waals surface area (Å²) >= 11 is 0.725. The summed E-state index contributed by atoms with van der Waals surface area (Å²) in [7, 11) is 0. The number of nitrogens with zero attached hydrogens (tertiary/aromatic N) is 3. The number of pyridine rings is 1. The second-order valence-corrected chi connectivity index (χ2v) is 7.23. The zero-order chi connectivity index (χ0) is 19.1. The van der Waals surface area contributed by atoms with Gasteiger partial charge in [-0.2, -0.15) is 4.98 Å². The van der Waals surface area contributed by atoms with Crippen LogP contribution in [0.3, 0.4) is 0 Å². The molecule has 0 spiro atoms. The molecular weight excluding hydrogens is 374 g/mol. The molecule has 1 saturated heterocycles. The van der Waals surface area contributed by atoms with Gasteiger partial charge in [-0.3, -0.25) is 24.1 Å². The average molecular weight is 391 g/mol. The highest BCUT2D eigenvalue weighted by Crippen LogP contribution is 2.42. The van der Waals surface area contributed by atoms with Crippen molar-refractivity contribution in [1.29, 1.82) is 0 Å². The highest BCUT2D eigenvalue weighted by Gasteiger charge is 2.43. The van der Waals surface area contributed by atoms with E-state index >= 15 is 0 Å². The fraction of sp³-hybridized carbons (Fsp3) is 0.375. The number of hydrogen-bond acceptors (Lipinski definition) is 9. The first kappa shape index (κ1) is 17.8. The van der Waals surface area contributed by atoms with Crippen LogP contribution in [0.1, 0.15) is 24.4 Å². The molecule has 5 N–H and O–H groups in total. The Morgan fingerprint density at radius 1 is 1.44 bits per heavy atom. The van der Waals surface area contributed by atoms with E-state index in [-0.39, 0.29) is 22.9 Å². The SMILES string of the molecule is Nc1nc2c(sc(=O)n2[C@@H]2O[C@H](CO)C[C@H]2C(O)c2ccccn2)c(=O)[nH]1. The van der Waals surface area contributed by atoms with E-state index in [1.54, 1.807) is 24.4 Å². The summed E-state index contributed by atoms with van der Waals surface area (Å²) in [6.45, 7) is -0.269. The maximum atomic E-state index is 12.6. The second-order valence-electron chi connectivity index (χ2n) is 6.27. The lowest BCUT2D eigenvalue weighted by Crippen LogP contribution is -2.28. The summed E-state index contributed by atoms with van der Waals surface area (Å²) in [6.07, 6.45) is -0.662. The number of rotatable bonds is 4. The van der Waals surface area contributed by atoms with Crippen molar-refractivity contribution in [2.24, 2.45) is 5.92 Å².